The maximum absolute atomic E-state index is 12.8. The van der Waals surface area contributed by atoms with E-state index < -0.39 is 10.0 Å². The van der Waals surface area contributed by atoms with Gasteiger partial charge in [0.2, 0.25) is 15.9 Å². The minimum Gasteiger partial charge on any atom is -0.370 e. The molecule has 0 aromatic heterocycles. The Morgan fingerprint density at radius 3 is 2.38 bits per heavy atom. The number of carbonyl (C=O) groups is 1. The average Bonchev–Trinajstić information content (AvgIpc) is 3.10. The Morgan fingerprint density at radius 2 is 1.85 bits per heavy atom. The number of hydrogen-bond acceptors (Lipinski definition) is 5. The summed E-state index contributed by atoms with van der Waals surface area (Å²) >= 11 is 0. The van der Waals surface area contributed by atoms with Crippen LogP contribution in [0, 0.1) is 0 Å². The van der Waals surface area contributed by atoms with Crippen molar-refractivity contribution in [1.29, 1.82) is 0 Å². The molecule has 1 saturated heterocycles. The van der Waals surface area contributed by atoms with Crippen molar-refractivity contribution < 1.29 is 13.2 Å². The van der Waals surface area contributed by atoms with Crippen LogP contribution in [-0.4, -0.2) is 51.4 Å². The third-order valence-electron chi connectivity index (χ3n) is 4.40. The van der Waals surface area contributed by atoms with Crippen LogP contribution in [0.4, 0.5) is 11.4 Å². The van der Waals surface area contributed by atoms with Gasteiger partial charge in [0, 0.05) is 39.1 Å². The van der Waals surface area contributed by atoms with Gasteiger partial charge in [0.05, 0.1) is 16.3 Å². The van der Waals surface area contributed by atoms with E-state index in [0.29, 0.717) is 18.8 Å². The quantitative estimate of drug-likeness (QED) is 0.691. The van der Waals surface area contributed by atoms with Gasteiger partial charge in [0.1, 0.15) is 0 Å². The van der Waals surface area contributed by atoms with E-state index in [9.17, 15) is 13.2 Å². The Morgan fingerprint density at radius 1 is 1.23 bits per heavy atom. The summed E-state index contributed by atoms with van der Waals surface area (Å²) in [4.78, 5) is 14.4. The van der Waals surface area contributed by atoms with Crippen LogP contribution in [0.5, 0.6) is 0 Å². The van der Waals surface area contributed by atoms with Crippen molar-refractivity contribution in [3.8, 4) is 0 Å². The number of nitrogens with two attached hydrogens (primary N) is 1. The van der Waals surface area contributed by atoms with Crippen LogP contribution in [0.25, 0.3) is 0 Å². The number of sulfonamides is 1. The fourth-order valence-electron chi connectivity index (χ4n) is 3.07. The lowest BCUT2D eigenvalue weighted by molar-refractivity contribution is -0.116. The molecule has 1 aromatic rings. The fourth-order valence-corrected chi connectivity index (χ4v) is 4.55. The zero-order valence-corrected chi connectivity index (χ0v) is 17.0. The minimum absolute atomic E-state index is 0. The van der Waals surface area contributed by atoms with Crippen molar-refractivity contribution in [3.63, 3.8) is 0 Å². The lowest BCUT2D eigenvalue weighted by Gasteiger charge is -2.24. The smallest absolute Gasteiger partial charge is 0.243 e. The molecule has 0 saturated carbocycles. The van der Waals surface area contributed by atoms with Gasteiger partial charge in [-0.15, -0.1) is 12.4 Å². The van der Waals surface area contributed by atoms with Crippen LogP contribution in [0.15, 0.2) is 23.1 Å². The van der Waals surface area contributed by atoms with E-state index in [4.69, 9.17) is 5.73 Å². The molecule has 1 aliphatic rings. The molecule has 0 aliphatic carbocycles. The third-order valence-corrected chi connectivity index (χ3v) is 6.45. The molecule has 3 N–H and O–H groups in total. The van der Waals surface area contributed by atoms with Crippen LogP contribution < -0.4 is 16.0 Å². The molecule has 148 valence electrons. The van der Waals surface area contributed by atoms with Gasteiger partial charge < -0.3 is 16.0 Å². The molecule has 2 rings (SSSR count). The summed E-state index contributed by atoms with van der Waals surface area (Å²) in [6.45, 7) is 6.49. The Labute approximate surface area is 162 Å². The first-order valence-electron chi connectivity index (χ1n) is 8.83. The number of amides is 1. The highest BCUT2D eigenvalue weighted by Gasteiger charge is 2.24. The van der Waals surface area contributed by atoms with Crippen molar-refractivity contribution in [2.75, 3.05) is 42.9 Å². The molecular weight excluding hydrogens is 376 g/mol. The van der Waals surface area contributed by atoms with Gasteiger partial charge in [-0.1, -0.05) is 13.8 Å². The van der Waals surface area contributed by atoms with Gasteiger partial charge in [-0.3, -0.25) is 4.79 Å². The van der Waals surface area contributed by atoms with E-state index >= 15 is 0 Å². The summed E-state index contributed by atoms with van der Waals surface area (Å²) in [5, 5.41) is 2.83. The molecule has 1 heterocycles. The van der Waals surface area contributed by atoms with Crippen LogP contribution in [0.2, 0.25) is 0 Å². The van der Waals surface area contributed by atoms with Gasteiger partial charge in [0.25, 0.3) is 0 Å². The van der Waals surface area contributed by atoms with Crippen molar-refractivity contribution in [1.82, 2.24) is 4.31 Å². The van der Waals surface area contributed by atoms with E-state index in [1.165, 1.54) is 4.31 Å². The normalized spacial score (nSPS) is 14.4. The van der Waals surface area contributed by atoms with Gasteiger partial charge >= 0.3 is 0 Å². The maximum atomic E-state index is 12.8. The maximum Gasteiger partial charge on any atom is 0.243 e. The van der Waals surface area contributed by atoms with Gasteiger partial charge in [-0.25, -0.2) is 8.42 Å². The fraction of sp³-hybridized carbons (Fsp3) is 0.588. The molecule has 26 heavy (non-hydrogen) atoms. The van der Waals surface area contributed by atoms with Gasteiger partial charge in [-0.2, -0.15) is 4.31 Å². The second kappa shape index (κ2) is 10.1. The number of rotatable bonds is 8. The Kier molecular flexibility index (Phi) is 8.82. The first-order chi connectivity index (χ1) is 11.9. The van der Waals surface area contributed by atoms with Crippen molar-refractivity contribution in [3.05, 3.63) is 18.2 Å². The number of nitrogens with one attached hydrogen (secondary N) is 1. The standard InChI is InChI=1S/C17H28N4O3S.ClH/c1-3-21(4-2)25(23,24)14-7-8-16(20-11-5-6-12-20)15(13-14)19-17(22)9-10-18;/h7-8,13H,3-6,9-12,18H2,1-2H3,(H,19,22);1H. The lowest BCUT2D eigenvalue weighted by Crippen LogP contribution is -2.31. The summed E-state index contributed by atoms with van der Waals surface area (Å²) in [7, 11) is -3.57. The number of anilines is 2. The summed E-state index contributed by atoms with van der Waals surface area (Å²) in [5.74, 6) is -0.208. The summed E-state index contributed by atoms with van der Waals surface area (Å²) in [6, 6.07) is 4.98. The first kappa shape index (κ1) is 22.7. The Bertz CT molecular complexity index is 702. The zero-order chi connectivity index (χ0) is 18.4. The molecule has 0 bridgehead atoms. The predicted molar refractivity (Wildman–Crippen MR) is 108 cm³/mol. The molecule has 0 unspecified atom stereocenters. The Balaban J connectivity index is 0.00000338. The summed E-state index contributed by atoms with van der Waals surface area (Å²) < 4.78 is 26.9. The molecular formula is C17H29ClN4O3S. The second-order valence-corrected chi connectivity index (χ2v) is 7.99. The van der Waals surface area contributed by atoms with Crippen molar-refractivity contribution in [2.24, 2.45) is 5.73 Å². The zero-order valence-electron chi connectivity index (χ0n) is 15.4. The lowest BCUT2D eigenvalue weighted by atomic mass is 10.2. The third kappa shape index (κ3) is 5.09. The number of nitrogens with zero attached hydrogens (tertiary/aromatic N) is 2. The summed E-state index contributed by atoms with van der Waals surface area (Å²) in [6.07, 6.45) is 2.39. The monoisotopic (exact) mass is 404 g/mol. The number of benzene rings is 1. The molecule has 0 spiro atoms. The molecule has 1 fully saturated rings. The molecule has 0 atom stereocenters. The molecule has 1 aliphatic heterocycles. The van der Waals surface area contributed by atoms with Crippen LogP contribution in [0.3, 0.4) is 0 Å². The van der Waals surface area contributed by atoms with E-state index in [1.54, 1.807) is 18.2 Å². The Hall–Kier alpha value is -1.35. The van der Waals surface area contributed by atoms with Gasteiger partial charge in [-0.05, 0) is 31.0 Å². The van der Waals surface area contributed by atoms with Crippen molar-refractivity contribution >= 4 is 39.7 Å². The number of carbonyl (C=O) groups excluding carboxylic acids is 1. The molecule has 9 heteroatoms. The number of halogens is 1. The molecule has 1 amide bonds. The average molecular weight is 405 g/mol. The van der Waals surface area contributed by atoms with Crippen molar-refractivity contribution in [2.45, 2.75) is 38.0 Å². The minimum atomic E-state index is -3.57. The SMILES string of the molecule is CCN(CC)S(=O)(=O)c1ccc(N2CCCC2)c(NC(=O)CCN)c1.Cl. The molecule has 1 aromatic carbocycles. The van der Waals surface area contributed by atoms with E-state index in [1.807, 2.05) is 13.8 Å². The molecule has 0 radical (unpaired) electrons. The second-order valence-electron chi connectivity index (χ2n) is 6.05. The van der Waals surface area contributed by atoms with E-state index in [-0.39, 0.29) is 36.2 Å². The van der Waals surface area contributed by atoms with Gasteiger partial charge in [0.15, 0.2) is 0 Å². The highest BCUT2D eigenvalue weighted by molar-refractivity contribution is 7.89. The number of hydrogen-bond donors (Lipinski definition) is 2. The van der Waals surface area contributed by atoms with Crippen LogP contribution in [0.1, 0.15) is 33.1 Å². The van der Waals surface area contributed by atoms with Crippen LogP contribution in [-0.2, 0) is 14.8 Å². The molecule has 7 nitrogen and oxygen atoms in total. The highest BCUT2D eigenvalue weighted by atomic mass is 35.5. The van der Waals surface area contributed by atoms with Crippen LogP contribution >= 0.6 is 12.4 Å². The topological polar surface area (TPSA) is 95.7 Å². The van der Waals surface area contributed by atoms with E-state index in [0.717, 1.165) is 31.6 Å². The largest absolute Gasteiger partial charge is 0.370 e. The summed E-state index contributed by atoms with van der Waals surface area (Å²) in [5.41, 5.74) is 6.84. The van der Waals surface area contributed by atoms with E-state index in [2.05, 4.69) is 10.2 Å². The predicted octanol–water partition coefficient (Wildman–Crippen LogP) is 2.03. The highest BCUT2D eigenvalue weighted by Crippen LogP contribution is 2.32. The first-order valence-corrected chi connectivity index (χ1v) is 10.3.